The first-order chi connectivity index (χ1) is 7.34. The molecule has 0 bridgehead atoms. The van der Waals surface area contributed by atoms with Crippen molar-refractivity contribution in [3.05, 3.63) is 36.5 Å². The van der Waals surface area contributed by atoms with E-state index in [0.29, 0.717) is 19.0 Å². The van der Waals surface area contributed by atoms with Crippen LogP contribution in [0.1, 0.15) is 5.56 Å². The van der Waals surface area contributed by atoms with E-state index in [1.807, 2.05) is 19.1 Å². The van der Waals surface area contributed by atoms with Gasteiger partial charge in [0.1, 0.15) is 19.3 Å². The lowest BCUT2D eigenvalue weighted by atomic mass is 10.3. The summed E-state index contributed by atoms with van der Waals surface area (Å²) in [6, 6.07) is 3.83. The van der Waals surface area contributed by atoms with E-state index in [1.165, 1.54) is 6.33 Å². The fourth-order valence-corrected chi connectivity index (χ4v) is 1.13. The Bertz CT molecular complexity index is 396. The molecule has 5 heteroatoms. The van der Waals surface area contributed by atoms with Crippen LogP contribution < -0.4 is 4.74 Å². The molecule has 0 unspecified atom stereocenters. The van der Waals surface area contributed by atoms with Crippen molar-refractivity contribution in [1.29, 1.82) is 0 Å². The van der Waals surface area contributed by atoms with Gasteiger partial charge in [-0.05, 0) is 12.5 Å². The predicted octanol–water partition coefficient (Wildman–Crippen LogP) is 1.06. The highest BCUT2D eigenvalue weighted by atomic mass is 16.5. The normalized spacial score (nSPS) is 10.2. The number of hydrogen-bond acceptors (Lipinski definition) is 4. The van der Waals surface area contributed by atoms with Gasteiger partial charge in [-0.15, -0.1) is 0 Å². The highest BCUT2D eigenvalue weighted by Crippen LogP contribution is 2.06. The zero-order valence-corrected chi connectivity index (χ0v) is 8.50. The third-order valence-electron chi connectivity index (χ3n) is 1.92. The Morgan fingerprint density at radius 2 is 2.33 bits per heavy atom. The second-order valence-electron chi connectivity index (χ2n) is 3.18. The van der Waals surface area contributed by atoms with E-state index in [9.17, 15) is 0 Å². The molecule has 2 aromatic heterocycles. The van der Waals surface area contributed by atoms with E-state index >= 15 is 0 Å². The molecule has 78 valence electrons. The summed E-state index contributed by atoms with van der Waals surface area (Å²) in [6.45, 7) is 3.21. The molecule has 0 aliphatic carbocycles. The van der Waals surface area contributed by atoms with Crippen molar-refractivity contribution < 1.29 is 4.74 Å². The molecule has 0 saturated heterocycles. The molecule has 0 aliphatic rings. The molecule has 2 aromatic rings. The van der Waals surface area contributed by atoms with Crippen LogP contribution in [0.4, 0.5) is 0 Å². The molecule has 0 radical (unpaired) electrons. The lowest BCUT2D eigenvalue weighted by molar-refractivity contribution is 0.280. The molecule has 2 heterocycles. The zero-order chi connectivity index (χ0) is 10.5. The maximum atomic E-state index is 5.43. The minimum Gasteiger partial charge on any atom is -0.476 e. The Morgan fingerprint density at radius 1 is 1.40 bits per heavy atom. The van der Waals surface area contributed by atoms with Crippen LogP contribution in [0, 0.1) is 6.92 Å². The largest absolute Gasteiger partial charge is 0.476 e. The summed E-state index contributed by atoms with van der Waals surface area (Å²) in [5.41, 5.74) is 1.12. The van der Waals surface area contributed by atoms with Crippen molar-refractivity contribution in [2.24, 2.45) is 0 Å². The standard InChI is InChI=1S/C10H12N4O/c1-9-2-3-10(12-6-9)15-5-4-14-8-11-7-13-14/h2-3,6-8H,4-5H2,1H3. The van der Waals surface area contributed by atoms with E-state index in [-0.39, 0.29) is 0 Å². The van der Waals surface area contributed by atoms with Gasteiger partial charge in [-0.2, -0.15) is 5.10 Å². The molecule has 2 rings (SSSR count). The van der Waals surface area contributed by atoms with Gasteiger partial charge in [0.2, 0.25) is 5.88 Å². The first kappa shape index (κ1) is 9.64. The van der Waals surface area contributed by atoms with E-state index in [1.54, 1.807) is 17.2 Å². The van der Waals surface area contributed by atoms with Gasteiger partial charge in [-0.1, -0.05) is 6.07 Å². The lowest BCUT2D eigenvalue weighted by Gasteiger charge is -2.04. The Labute approximate surface area is 87.7 Å². The Balaban J connectivity index is 1.81. The second kappa shape index (κ2) is 4.54. The molecule has 0 spiro atoms. The third kappa shape index (κ3) is 2.77. The summed E-state index contributed by atoms with van der Waals surface area (Å²) in [5, 5.41) is 3.97. The number of rotatable bonds is 4. The first-order valence-corrected chi connectivity index (χ1v) is 4.72. The van der Waals surface area contributed by atoms with Crippen molar-refractivity contribution >= 4 is 0 Å². The summed E-state index contributed by atoms with van der Waals surface area (Å²) in [7, 11) is 0. The van der Waals surface area contributed by atoms with Crippen molar-refractivity contribution in [3.8, 4) is 5.88 Å². The molecule has 0 fully saturated rings. The third-order valence-corrected chi connectivity index (χ3v) is 1.92. The average molecular weight is 204 g/mol. The zero-order valence-electron chi connectivity index (χ0n) is 8.50. The first-order valence-electron chi connectivity index (χ1n) is 4.72. The van der Waals surface area contributed by atoms with Gasteiger partial charge in [0, 0.05) is 12.3 Å². The van der Waals surface area contributed by atoms with Gasteiger partial charge in [0.25, 0.3) is 0 Å². The molecule has 0 amide bonds. The van der Waals surface area contributed by atoms with Crippen LogP contribution in [0.2, 0.25) is 0 Å². The number of hydrogen-bond donors (Lipinski definition) is 0. The van der Waals surface area contributed by atoms with Crippen LogP contribution in [-0.4, -0.2) is 26.4 Å². The van der Waals surface area contributed by atoms with Gasteiger partial charge in [-0.3, -0.25) is 0 Å². The lowest BCUT2D eigenvalue weighted by Crippen LogP contribution is -2.09. The van der Waals surface area contributed by atoms with Crippen LogP contribution in [0.5, 0.6) is 5.88 Å². The van der Waals surface area contributed by atoms with Crippen molar-refractivity contribution in [1.82, 2.24) is 19.7 Å². The van der Waals surface area contributed by atoms with Gasteiger partial charge in [0.05, 0.1) is 6.54 Å². The highest BCUT2D eigenvalue weighted by molar-refractivity contribution is 5.16. The van der Waals surface area contributed by atoms with E-state index < -0.39 is 0 Å². The molecular weight excluding hydrogens is 192 g/mol. The number of aromatic nitrogens is 4. The topological polar surface area (TPSA) is 52.8 Å². The Kier molecular flexibility index (Phi) is 2.92. The average Bonchev–Trinajstić information content (AvgIpc) is 2.74. The van der Waals surface area contributed by atoms with Gasteiger partial charge >= 0.3 is 0 Å². The number of aryl methyl sites for hydroxylation is 1. The second-order valence-corrected chi connectivity index (χ2v) is 3.18. The Morgan fingerprint density at radius 3 is 3.00 bits per heavy atom. The molecular formula is C10H12N4O. The van der Waals surface area contributed by atoms with Crippen molar-refractivity contribution in [3.63, 3.8) is 0 Å². The van der Waals surface area contributed by atoms with Crippen LogP contribution in [0.25, 0.3) is 0 Å². The summed E-state index contributed by atoms with van der Waals surface area (Å²) >= 11 is 0. The maximum absolute atomic E-state index is 5.43. The van der Waals surface area contributed by atoms with Crippen LogP contribution in [-0.2, 0) is 6.54 Å². The number of pyridine rings is 1. The molecule has 0 N–H and O–H groups in total. The molecule has 5 nitrogen and oxygen atoms in total. The molecule has 0 aromatic carbocycles. The van der Waals surface area contributed by atoms with Crippen molar-refractivity contribution in [2.75, 3.05) is 6.61 Å². The van der Waals surface area contributed by atoms with E-state index in [2.05, 4.69) is 15.1 Å². The molecule has 0 atom stereocenters. The summed E-state index contributed by atoms with van der Waals surface area (Å²) < 4.78 is 7.15. The van der Waals surface area contributed by atoms with E-state index in [4.69, 9.17) is 4.74 Å². The van der Waals surface area contributed by atoms with Crippen LogP contribution >= 0.6 is 0 Å². The summed E-state index contributed by atoms with van der Waals surface area (Å²) in [4.78, 5) is 7.97. The SMILES string of the molecule is Cc1ccc(OCCn2cncn2)nc1. The highest BCUT2D eigenvalue weighted by Gasteiger charge is 1.95. The Hall–Kier alpha value is -1.91. The summed E-state index contributed by atoms with van der Waals surface area (Å²) in [5.74, 6) is 0.640. The minimum atomic E-state index is 0.541. The number of nitrogens with zero attached hydrogens (tertiary/aromatic N) is 4. The molecule has 15 heavy (non-hydrogen) atoms. The van der Waals surface area contributed by atoms with Crippen molar-refractivity contribution in [2.45, 2.75) is 13.5 Å². The fourth-order valence-electron chi connectivity index (χ4n) is 1.13. The smallest absolute Gasteiger partial charge is 0.213 e. The van der Waals surface area contributed by atoms with Crippen LogP contribution in [0.3, 0.4) is 0 Å². The van der Waals surface area contributed by atoms with E-state index in [0.717, 1.165) is 5.56 Å². The van der Waals surface area contributed by atoms with Gasteiger partial charge < -0.3 is 4.74 Å². The van der Waals surface area contributed by atoms with Crippen LogP contribution in [0.15, 0.2) is 31.0 Å². The summed E-state index contributed by atoms with van der Waals surface area (Å²) in [6.07, 6.45) is 4.95. The number of ether oxygens (including phenoxy) is 1. The maximum Gasteiger partial charge on any atom is 0.213 e. The molecule has 0 saturated carbocycles. The predicted molar refractivity (Wildman–Crippen MR) is 54.5 cm³/mol. The minimum absolute atomic E-state index is 0.541. The monoisotopic (exact) mass is 204 g/mol. The van der Waals surface area contributed by atoms with Gasteiger partial charge in [-0.25, -0.2) is 14.6 Å². The fraction of sp³-hybridized carbons (Fsp3) is 0.300. The quantitative estimate of drug-likeness (QED) is 0.747. The van der Waals surface area contributed by atoms with Gasteiger partial charge in [0.15, 0.2) is 0 Å². The molecule has 0 aliphatic heterocycles.